The Morgan fingerprint density at radius 2 is 0.571 bits per heavy atom. The molecule has 0 aromatic heterocycles. The number of esters is 5. The lowest BCUT2D eigenvalue weighted by molar-refractivity contribution is -0.258. The van der Waals surface area contributed by atoms with E-state index >= 15 is 0 Å². The van der Waals surface area contributed by atoms with Crippen molar-refractivity contribution >= 4 is 29.8 Å². The first-order chi connectivity index (χ1) is 19.4. The highest BCUT2D eigenvalue weighted by Crippen LogP contribution is 2.34. The second-order valence-corrected chi connectivity index (χ2v) is 13.3. The summed E-state index contributed by atoms with van der Waals surface area (Å²) in [5, 5.41) is 11.5. The average molecular weight is 601 g/mol. The normalized spacial score (nSPS) is 24.2. The Bertz CT molecular complexity index is 849. The Kier molecular flexibility index (Phi) is 15.5. The van der Waals surface area contributed by atoms with Crippen molar-refractivity contribution in [1.29, 1.82) is 0 Å². The molecule has 0 saturated heterocycles. The maximum atomic E-state index is 13.0. The first-order valence-corrected chi connectivity index (χ1v) is 15.1. The van der Waals surface area contributed by atoms with E-state index in [2.05, 4.69) is 0 Å². The van der Waals surface area contributed by atoms with Crippen molar-refractivity contribution in [3.63, 3.8) is 0 Å². The van der Waals surface area contributed by atoms with Crippen LogP contribution >= 0.6 is 0 Å². The van der Waals surface area contributed by atoms with Gasteiger partial charge in [-0.15, -0.1) is 0 Å². The van der Waals surface area contributed by atoms with E-state index in [0.29, 0.717) is 0 Å². The summed E-state index contributed by atoms with van der Waals surface area (Å²) >= 11 is 0. The van der Waals surface area contributed by atoms with Gasteiger partial charge >= 0.3 is 29.8 Å². The SMILES string of the molecule is CC(C)CC(=O)O[C@@H]1[C@@H](OC(=O)CC(C)C)[C@H](OC(=O)CC(C)C)[C@H](O)[C@H](OC(=O)CC(C)C)[C@H]1OC(=O)CC(C)C. The fourth-order valence-corrected chi connectivity index (χ4v) is 4.48. The van der Waals surface area contributed by atoms with E-state index < -0.39 is 66.5 Å². The third kappa shape index (κ3) is 13.1. The standard InChI is InChI=1S/C31H52O11/c1-16(2)11-21(32)38-27-26(37)28(39-22(33)12-17(3)4)30(41-24(35)14-19(7)8)31(42-25(36)15-20(9)10)29(27)40-23(34)13-18(5)6/h16-20,26-31,37H,11-15H2,1-10H3/t26-,27+,28-,29-,30+,31+. The molecule has 0 radical (unpaired) electrons. The van der Waals surface area contributed by atoms with E-state index in [1.807, 2.05) is 0 Å². The molecule has 0 heterocycles. The minimum Gasteiger partial charge on any atom is -0.455 e. The van der Waals surface area contributed by atoms with E-state index in [9.17, 15) is 29.1 Å². The van der Waals surface area contributed by atoms with Gasteiger partial charge < -0.3 is 28.8 Å². The molecular formula is C31H52O11. The summed E-state index contributed by atoms with van der Waals surface area (Å²) in [5.41, 5.74) is 0. The molecule has 1 rings (SSSR count). The number of aliphatic hydroxyl groups is 1. The predicted molar refractivity (Wildman–Crippen MR) is 153 cm³/mol. The second kappa shape index (κ2) is 17.4. The van der Waals surface area contributed by atoms with Crippen molar-refractivity contribution < 1.29 is 52.8 Å². The van der Waals surface area contributed by atoms with Crippen molar-refractivity contribution in [2.24, 2.45) is 29.6 Å². The van der Waals surface area contributed by atoms with Gasteiger partial charge in [-0.05, 0) is 29.6 Å². The molecule has 0 bridgehead atoms. The van der Waals surface area contributed by atoms with Crippen molar-refractivity contribution in [2.75, 3.05) is 0 Å². The number of hydrogen-bond acceptors (Lipinski definition) is 11. The zero-order valence-electron chi connectivity index (χ0n) is 26.9. The molecule has 0 aromatic rings. The first-order valence-electron chi connectivity index (χ1n) is 15.1. The van der Waals surface area contributed by atoms with Crippen molar-refractivity contribution in [3.05, 3.63) is 0 Å². The first kappa shape index (κ1) is 37.3. The van der Waals surface area contributed by atoms with Crippen molar-refractivity contribution in [2.45, 2.75) is 138 Å². The van der Waals surface area contributed by atoms with Gasteiger partial charge in [0.05, 0.1) is 0 Å². The molecule has 0 unspecified atom stereocenters. The van der Waals surface area contributed by atoms with Gasteiger partial charge in [0.1, 0.15) is 6.10 Å². The molecule has 42 heavy (non-hydrogen) atoms. The maximum absolute atomic E-state index is 13.0. The van der Waals surface area contributed by atoms with E-state index in [0.717, 1.165) is 0 Å². The minimum absolute atomic E-state index is 0.0156. The number of rotatable bonds is 15. The van der Waals surface area contributed by atoms with Crippen LogP contribution in [0, 0.1) is 29.6 Å². The summed E-state index contributed by atoms with van der Waals surface area (Å²) in [7, 11) is 0. The van der Waals surface area contributed by atoms with Crippen LogP contribution in [0.2, 0.25) is 0 Å². The van der Waals surface area contributed by atoms with E-state index in [4.69, 9.17) is 23.7 Å². The van der Waals surface area contributed by atoms with Crippen LogP contribution in [0.3, 0.4) is 0 Å². The van der Waals surface area contributed by atoms with Crippen LogP contribution in [0.5, 0.6) is 0 Å². The lowest BCUT2D eigenvalue weighted by atomic mass is 9.83. The molecule has 0 aromatic carbocycles. The fraction of sp³-hybridized carbons (Fsp3) is 0.839. The lowest BCUT2D eigenvalue weighted by Gasteiger charge is -2.46. The predicted octanol–water partition coefficient (Wildman–Crippen LogP) is 4.15. The molecule has 0 spiro atoms. The maximum Gasteiger partial charge on any atom is 0.306 e. The highest BCUT2D eigenvalue weighted by molar-refractivity contribution is 5.73. The summed E-state index contributed by atoms with van der Waals surface area (Å²) in [5.74, 6) is -3.97. The van der Waals surface area contributed by atoms with Crippen LogP contribution in [-0.4, -0.2) is 71.6 Å². The van der Waals surface area contributed by atoms with Crippen molar-refractivity contribution in [1.82, 2.24) is 0 Å². The summed E-state index contributed by atoms with van der Waals surface area (Å²) in [6, 6.07) is 0. The number of carbonyl (C=O) groups excluding carboxylic acids is 5. The monoisotopic (exact) mass is 600 g/mol. The van der Waals surface area contributed by atoms with Crippen LogP contribution in [0.1, 0.15) is 101 Å². The minimum atomic E-state index is -1.77. The Balaban J connectivity index is 3.74. The Labute approximate surface area is 250 Å². The van der Waals surface area contributed by atoms with E-state index in [-0.39, 0.29) is 61.7 Å². The molecule has 1 aliphatic rings. The molecule has 1 aliphatic carbocycles. The van der Waals surface area contributed by atoms with E-state index in [1.165, 1.54) is 0 Å². The van der Waals surface area contributed by atoms with Crippen LogP contribution in [0.25, 0.3) is 0 Å². The third-order valence-electron chi connectivity index (χ3n) is 6.18. The number of aliphatic hydroxyl groups excluding tert-OH is 1. The van der Waals surface area contributed by atoms with Gasteiger partial charge in [-0.2, -0.15) is 0 Å². The highest BCUT2D eigenvalue weighted by atomic mass is 16.7. The number of hydrogen-bond donors (Lipinski definition) is 1. The highest BCUT2D eigenvalue weighted by Gasteiger charge is 2.59. The summed E-state index contributed by atoms with van der Waals surface area (Å²) in [6.45, 7) is 18.0. The quantitative estimate of drug-likeness (QED) is 0.213. The van der Waals surface area contributed by atoms with Gasteiger partial charge in [-0.1, -0.05) is 69.2 Å². The lowest BCUT2D eigenvalue weighted by Crippen LogP contribution is -2.68. The molecule has 0 aliphatic heterocycles. The zero-order chi connectivity index (χ0) is 32.3. The fourth-order valence-electron chi connectivity index (χ4n) is 4.48. The van der Waals surface area contributed by atoms with E-state index in [1.54, 1.807) is 69.2 Å². The number of carbonyl (C=O) groups is 5. The Hall–Kier alpha value is -2.69. The molecule has 0 amide bonds. The molecule has 6 atom stereocenters. The van der Waals surface area contributed by atoms with Gasteiger partial charge in [-0.3, -0.25) is 24.0 Å². The van der Waals surface area contributed by atoms with Gasteiger partial charge in [0.2, 0.25) is 0 Å². The molecule has 11 nitrogen and oxygen atoms in total. The Morgan fingerprint density at radius 3 is 0.762 bits per heavy atom. The van der Waals surface area contributed by atoms with Crippen LogP contribution < -0.4 is 0 Å². The molecule has 11 heteroatoms. The topological polar surface area (TPSA) is 152 Å². The summed E-state index contributed by atoms with van der Waals surface area (Å²) < 4.78 is 28.6. The zero-order valence-corrected chi connectivity index (χ0v) is 26.9. The van der Waals surface area contributed by atoms with Gasteiger partial charge in [0.15, 0.2) is 30.5 Å². The molecule has 1 fully saturated rings. The molecule has 242 valence electrons. The number of ether oxygens (including phenoxy) is 5. The van der Waals surface area contributed by atoms with Crippen LogP contribution in [0.4, 0.5) is 0 Å². The van der Waals surface area contributed by atoms with Gasteiger partial charge in [0, 0.05) is 32.1 Å². The largest absolute Gasteiger partial charge is 0.455 e. The second-order valence-electron chi connectivity index (χ2n) is 13.3. The molecular weight excluding hydrogens is 548 g/mol. The summed E-state index contributed by atoms with van der Waals surface area (Å²) in [6.07, 6.45) is -9.66. The van der Waals surface area contributed by atoms with Crippen LogP contribution in [-0.2, 0) is 47.7 Å². The van der Waals surface area contributed by atoms with Gasteiger partial charge in [0.25, 0.3) is 0 Å². The third-order valence-corrected chi connectivity index (χ3v) is 6.18. The smallest absolute Gasteiger partial charge is 0.306 e. The Morgan fingerprint density at radius 1 is 0.405 bits per heavy atom. The molecule has 1 saturated carbocycles. The summed E-state index contributed by atoms with van der Waals surface area (Å²) in [4.78, 5) is 64.5. The molecule has 1 N–H and O–H groups in total. The average Bonchev–Trinajstić information content (AvgIpc) is 2.78. The van der Waals surface area contributed by atoms with Crippen LogP contribution in [0.15, 0.2) is 0 Å². The van der Waals surface area contributed by atoms with Gasteiger partial charge in [-0.25, -0.2) is 0 Å². The van der Waals surface area contributed by atoms with Crippen molar-refractivity contribution in [3.8, 4) is 0 Å².